The Balaban J connectivity index is 1.30. The number of anilines is 3. The van der Waals surface area contributed by atoms with E-state index in [1.807, 2.05) is 24.3 Å². The van der Waals surface area contributed by atoms with E-state index in [0.717, 1.165) is 52.2 Å². The largest absolute Gasteiger partial charge is 0.490 e. The van der Waals surface area contributed by atoms with Crippen LogP contribution in [0, 0.1) is 0 Å². The lowest BCUT2D eigenvalue weighted by Gasteiger charge is -2.26. The summed E-state index contributed by atoms with van der Waals surface area (Å²) in [6, 6.07) is 10.1. The topological polar surface area (TPSA) is 125 Å². The first-order chi connectivity index (χ1) is 16.7. The van der Waals surface area contributed by atoms with Gasteiger partial charge in [0.2, 0.25) is 5.95 Å². The molecule has 5 rings (SSSR count). The molecule has 10 heteroatoms. The first kappa shape index (κ1) is 22.5. The van der Waals surface area contributed by atoms with Gasteiger partial charge >= 0.3 is 0 Å². The Morgan fingerprint density at radius 3 is 2.76 bits per heavy atom. The molecular weight excluding hydrogens is 452 g/mol. The van der Waals surface area contributed by atoms with Gasteiger partial charge in [0.05, 0.1) is 29.1 Å². The van der Waals surface area contributed by atoms with Crippen LogP contribution in [0.4, 0.5) is 16.9 Å². The van der Waals surface area contributed by atoms with Gasteiger partial charge in [0.25, 0.3) is 0 Å². The van der Waals surface area contributed by atoms with Crippen molar-refractivity contribution in [2.24, 2.45) is 0 Å². The quantitative estimate of drug-likeness (QED) is 0.297. The Labute approximate surface area is 200 Å². The van der Waals surface area contributed by atoms with Crippen molar-refractivity contribution in [3.05, 3.63) is 48.9 Å². The summed E-state index contributed by atoms with van der Waals surface area (Å²) in [6.45, 7) is 0.194. The van der Waals surface area contributed by atoms with Crippen molar-refractivity contribution in [3.8, 4) is 16.9 Å². The highest BCUT2D eigenvalue weighted by atomic mass is 32.1. The second-order valence-electron chi connectivity index (χ2n) is 8.22. The van der Waals surface area contributed by atoms with Gasteiger partial charge in [0.1, 0.15) is 18.2 Å². The standard InChI is InChI=1S/C24H26N6O3S/c31-9-10-33-19-11-16(13-25-14-19)15-1-6-20-21(12-15)34-24(28-20)30-22-7-8-26-23(29-22)27-17-2-4-18(32)5-3-17/h1,6-8,11-14,17-18,31-32H,2-5,9-10H2,(H2,26,27,28,29,30). The fourth-order valence-corrected chi connectivity index (χ4v) is 4.90. The molecule has 1 aliphatic carbocycles. The van der Waals surface area contributed by atoms with Crippen molar-refractivity contribution in [1.82, 2.24) is 19.9 Å². The van der Waals surface area contributed by atoms with Gasteiger partial charge in [0.15, 0.2) is 5.13 Å². The van der Waals surface area contributed by atoms with Gasteiger partial charge in [-0.1, -0.05) is 17.4 Å². The van der Waals surface area contributed by atoms with Crippen LogP contribution in [0.5, 0.6) is 5.75 Å². The van der Waals surface area contributed by atoms with Gasteiger partial charge in [-0.2, -0.15) is 4.98 Å². The SMILES string of the molecule is OCCOc1cncc(-c2ccc3nc(Nc4ccnc(NC5CCC(O)CC5)n4)sc3c2)c1. The highest BCUT2D eigenvalue weighted by Gasteiger charge is 2.20. The number of pyridine rings is 1. The van der Waals surface area contributed by atoms with Gasteiger partial charge < -0.3 is 25.6 Å². The summed E-state index contributed by atoms with van der Waals surface area (Å²) in [5.74, 6) is 1.87. The van der Waals surface area contributed by atoms with Gasteiger partial charge in [-0.25, -0.2) is 9.97 Å². The maximum Gasteiger partial charge on any atom is 0.224 e. The molecule has 9 nitrogen and oxygen atoms in total. The molecule has 0 aliphatic heterocycles. The van der Waals surface area contributed by atoms with Crippen LogP contribution >= 0.6 is 11.3 Å². The van der Waals surface area contributed by atoms with Crippen LogP contribution in [0.25, 0.3) is 21.3 Å². The van der Waals surface area contributed by atoms with E-state index < -0.39 is 0 Å². The van der Waals surface area contributed by atoms with E-state index in [9.17, 15) is 5.11 Å². The second kappa shape index (κ2) is 10.3. The average molecular weight is 479 g/mol. The molecule has 0 amide bonds. The normalized spacial score (nSPS) is 18.1. The zero-order valence-corrected chi connectivity index (χ0v) is 19.3. The molecule has 3 heterocycles. The molecule has 4 aromatic rings. The average Bonchev–Trinajstić information content (AvgIpc) is 3.26. The van der Waals surface area contributed by atoms with Crippen molar-refractivity contribution in [1.29, 1.82) is 0 Å². The number of nitrogens with zero attached hydrogens (tertiary/aromatic N) is 4. The van der Waals surface area contributed by atoms with E-state index in [1.165, 1.54) is 0 Å². The summed E-state index contributed by atoms with van der Waals surface area (Å²) >= 11 is 1.55. The Morgan fingerprint density at radius 2 is 1.91 bits per heavy atom. The summed E-state index contributed by atoms with van der Waals surface area (Å²) < 4.78 is 6.51. The zero-order chi connectivity index (χ0) is 23.3. The first-order valence-corrected chi connectivity index (χ1v) is 12.1. The Bertz CT molecular complexity index is 1260. The van der Waals surface area contributed by atoms with Crippen molar-refractivity contribution in [2.45, 2.75) is 37.8 Å². The fourth-order valence-electron chi connectivity index (χ4n) is 3.99. The van der Waals surface area contributed by atoms with Crippen LogP contribution < -0.4 is 15.4 Å². The van der Waals surface area contributed by atoms with E-state index >= 15 is 0 Å². The van der Waals surface area contributed by atoms with Crippen LogP contribution in [-0.2, 0) is 0 Å². The number of hydrogen-bond donors (Lipinski definition) is 4. The lowest BCUT2D eigenvalue weighted by atomic mass is 9.93. The smallest absolute Gasteiger partial charge is 0.224 e. The molecule has 1 fully saturated rings. The summed E-state index contributed by atoms with van der Waals surface area (Å²) in [4.78, 5) is 17.8. The van der Waals surface area contributed by atoms with Gasteiger partial charge in [-0.3, -0.25) is 4.98 Å². The number of aliphatic hydroxyl groups is 2. The highest BCUT2D eigenvalue weighted by molar-refractivity contribution is 7.22. The summed E-state index contributed by atoms with van der Waals surface area (Å²) in [7, 11) is 0. The molecule has 4 N–H and O–H groups in total. The summed E-state index contributed by atoms with van der Waals surface area (Å²) in [5, 5.41) is 26.1. The number of ether oxygens (including phenoxy) is 1. The van der Waals surface area contributed by atoms with Crippen LogP contribution in [0.15, 0.2) is 48.9 Å². The van der Waals surface area contributed by atoms with E-state index in [0.29, 0.717) is 17.5 Å². The predicted octanol–water partition coefficient (Wildman–Crippen LogP) is 3.98. The molecule has 176 valence electrons. The summed E-state index contributed by atoms with van der Waals surface area (Å²) in [6.07, 6.45) is 8.39. The third kappa shape index (κ3) is 5.41. The van der Waals surface area contributed by atoms with Crippen LogP contribution in [0.1, 0.15) is 25.7 Å². The molecule has 0 saturated heterocycles. The minimum atomic E-state index is -0.189. The maximum atomic E-state index is 9.69. The van der Waals surface area contributed by atoms with Crippen molar-refractivity contribution in [2.75, 3.05) is 23.8 Å². The molecule has 0 unspecified atom stereocenters. The second-order valence-corrected chi connectivity index (χ2v) is 9.25. The van der Waals surface area contributed by atoms with Crippen LogP contribution in [0.3, 0.4) is 0 Å². The Morgan fingerprint density at radius 1 is 1.03 bits per heavy atom. The minimum Gasteiger partial charge on any atom is -0.490 e. The number of rotatable bonds is 8. The number of fused-ring (bicyclic) bond motifs is 1. The minimum absolute atomic E-state index is 0.0402. The van der Waals surface area contributed by atoms with E-state index in [1.54, 1.807) is 29.9 Å². The lowest BCUT2D eigenvalue weighted by Crippen LogP contribution is -2.28. The zero-order valence-electron chi connectivity index (χ0n) is 18.5. The predicted molar refractivity (Wildman–Crippen MR) is 133 cm³/mol. The molecule has 0 radical (unpaired) electrons. The molecule has 0 atom stereocenters. The third-order valence-corrected chi connectivity index (χ3v) is 6.65. The molecule has 3 aromatic heterocycles. The van der Waals surface area contributed by atoms with Gasteiger partial charge in [-0.15, -0.1) is 0 Å². The Kier molecular flexibility index (Phi) is 6.79. The number of benzene rings is 1. The van der Waals surface area contributed by atoms with Gasteiger partial charge in [-0.05, 0) is 55.5 Å². The number of thiazole rings is 1. The lowest BCUT2D eigenvalue weighted by molar-refractivity contribution is 0.126. The first-order valence-electron chi connectivity index (χ1n) is 11.3. The molecule has 1 aliphatic rings. The number of nitrogens with one attached hydrogen (secondary N) is 2. The highest BCUT2D eigenvalue weighted by Crippen LogP contribution is 2.32. The van der Waals surface area contributed by atoms with E-state index in [-0.39, 0.29) is 25.4 Å². The van der Waals surface area contributed by atoms with E-state index in [4.69, 9.17) is 9.84 Å². The van der Waals surface area contributed by atoms with Crippen LogP contribution in [-0.4, -0.2) is 55.5 Å². The summed E-state index contributed by atoms with van der Waals surface area (Å²) in [5.41, 5.74) is 2.84. The molecular formula is C24H26N6O3S. The van der Waals surface area contributed by atoms with Crippen molar-refractivity contribution < 1.29 is 14.9 Å². The number of aromatic nitrogens is 4. The molecule has 34 heavy (non-hydrogen) atoms. The van der Waals surface area contributed by atoms with Crippen molar-refractivity contribution in [3.63, 3.8) is 0 Å². The Hall–Kier alpha value is -3.34. The maximum absolute atomic E-state index is 9.69. The third-order valence-electron chi connectivity index (χ3n) is 5.72. The monoisotopic (exact) mass is 478 g/mol. The molecule has 1 saturated carbocycles. The number of hydrogen-bond acceptors (Lipinski definition) is 10. The van der Waals surface area contributed by atoms with E-state index in [2.05, 4.69) is 36.6 Å². The van der Waals surface area contributed by atoms with Crippen LogP contribution in [0.2, 0.25) is 0 Å². The molecule has 0 bridgehead atoms. The molecule has 1 aromatic carbocycles. The molecule has 0 spiro atoms. The van der Waals surface area contributed by atoms with Crippen molar-refractivity contribution >= 4 is 38.5 Å². The number of aliphatic hydroxyl groups excluding tert-OH is 2. The fraction of sp³-hybridized carbons (Fsp3) is 0.333. The van der Waals surface area contributed by atoms with Gasteiger partial charge in [0, 0.05) is 24.0 Å².